The largest absolute Gasteiger partial charge is 0.478 e. The molecule has 0 radical (unpaired) electrons. The SMILES string of the molecule is CC(=O)C[C@@H]1CC[C@H](NC(=O)Cc2ccccc2)B(O)O1. The number of hydrogen-bond donors (Lipinski definition) is 2. The average molecular weight is 289 g/mol. The van der Waals surface area contributed by atoms with Crippen molar-refractivity contribution < 1.29 is 19.3 Å². The Kier molecular flexibility index (Phi) is 5.53. The van der Waals surface area contributed by atoms with Gasteiger partial charge in [0.25, 0.3) is 0 Å². The fraction of sp³-hybridized carbons (Fsp3) is 0.467. The van der Waals surface area contributed by atoms with Crippen LogP contribution in [0.3, 0.4) is 0 Å². The number of benzene rings is 1. The van der Waals surface area contributed by atoms with Crippen LogP contribution in [-0.4, -0.2) is 35.9 Å². The summed E-state index contributed by atoms with van der Waals surface area (Å²) in [6.45, 7) is 1.50. The number of nitrogens with one attached hydrogen (secondary N) is 1. The molecule has 0 bridgehead atoms. The van der Waals surface area contributed by atoms with E-state index in [-0.39, 0.29) is 24.2 Å². The predicted molar refractivity (Wildman–Crippen MR) is 79.5 cm³/mol. The van der Waals surface area contributed by atoms with Gasteiger partial charge < -0.3 is 15.0 Å². The molecule has 1 amide bonds. The van der Waals surface area contributed by atoms with Crippen molar-refractivity contribution in [2.45, 2.75) is 44.7 Å². The Balaban J connectivity index is 1.81. The molecule has 2 rings (SSSR count). The third-order valence-electron chi connectivity index (χ3n) is 3.54. The van der Waals surface area contributed by atoms with Gasteiger partial charge in [-0.2, -0.15) is 0 Å². The third kappa shape index (κ3) is 4.99. The lowest BCUT2D eigenvalue weighted by molar-refractivity contribution is -0.122. The van der Waals surface area contributed by atoms with Gasteiger partial charge in [-0.3, -0.25) is 9.59 Å². The topological polar surface area (TPSA) is 75.6 Å². The zero-order valence-corrected chi connectivity index (χ0v) is 12.1. The van der Waals surface area contributed by atoms with E-state index in [9.17, 15) is 14.6 Å². The second-order valence-electron chi connectivity index (χ2n) is 5.47. The number of carbonyl (C=O) groups is 2. The van der Waals surface area contributed by atoms with Gasteiger partial charge in [-0.05, 0) is 25.3 Å². The molecule has 1 aromatic rings. The molecule has 6 heteroatoms. The summed E-state index contributed by atoms with van der Waals surface area (Å²) in [5.41, 5.74) is 0.927. The maximum absolute atomic E-state index is 12.0. The lowest BCUT2D eigenvalue weighted by atomic mass is 9.72. The normalized spacial score (nSPS) is 21.9. The minimum Gasteiger partial charge on any atom is -0.426 e. The minimum atomic E-state index is -1.05. The Bertz CT molecular complexity index is 494. The first kappa shape index (κ1) is 15.7. The molecule has 1 aliphatic heterocycles. The average Bonchev–Trinajstić information content (AvgIpc) is 2.42. The number of amides is 1. The fourth-order valence-corrected chi connectivity index (χ4v) is 2.52. The first-order chi connectivity index (χ1) is 10.0. The Morgan fingerprint density at radius 1 is 1.33 bits per heavy atom. The number of hydrogen-bond acceptors (Lipinski definition) is 4. The summed E-state index contributed by atoms with van der Waals surface area (Å²) in [5.74, 6) is -0.512. The highest BCUT2D eigenvalue weighted by molar-refractivity contribution is 6.45. The standard InChI is InChI=1S/C15H20BNO4/c1-11(18)9-13-7-8-14(16(20)21-13)17-15(19)10-12-5-3-2-4-6-12/h2-6,13-14,20H,7-10H2,1H3,(H,17,19)/t13-,14-/m0/s1. The second kappa shape index (κ2) is 7.38. The Morgan fingerprint density at radius 3 is 2.67 bits per heavy atom. The van der Waals surface area contributed by atoms with Crippen LogP contribution < -0.4 is 5.32 Å². The monoisotopic (exact) mass is 289 g/mol. The van der Waals surface area contributed by atoms with E-state index in [1.54, 1.807) is 0 Å². The van der Waals surface area contributed by atoms with E-state index in [4.69, 9.17) is 4.65 Å². The van der Waals surface area contributed by atoms with Crippen molar-refractivity contribution >= 4 is 18.8 Å². The van der Waals surface area contributed by atoms with Crippen LogP contribution in [0.1, 0.15) is 31.7 Å². The van der Waals surface area contributed by atoms with E-state index < -0.39 is 13.1 Å². The maximum atomic E-state index is 12.0. The van der Waals surface area contributed by atoms with E-state index in [1.165, 1.54) is 6.92 Å². The maximum Gasteiger partial charge on any atom is 0.478 e. The highest BCUT2D eigenvalue weighted by Gasteiger charge is 2.36. The van der Waals surface area contributed by atoms with Gasteiger partial charge in [-0.25, -0.2) is 0 Å². The van der Waals surface area contributed by atoms with E-state index in [0.717, 1.165) is 5.56 Å². The number of rotatable bonds is 5. The Labute approximate surface area is 124 Å². The number of ketones is 1. The van der Waals surface area contributed by atoms with Gasteiger partial charge in [0.2, 0.25) is 5.91 Å². The highest BCUT2D eigenvalue weighted by Crippen LogP contribution is 2.19. The van der Waals surface area contributed by atoms with Crippen LogP contribution in [0, 0.1) is 0 Å². The van der Waals surface area contributed by atoms with Gasteiger partial charge in [-0.15, -0.1) is 0 Å². The van der Waals surface area contributed by atoms with Crippen LogP contribution in [-0.2, 0) is 20.7 Å². The van der Waals surface area contributed by atoms with Crippen LogP contribution in [0.15, 0.2) is 30.3 Å². The smallest absolute Gasteiger partial charge is 0.426 e. The molecular weight excluding hydrogens is 269 g/mol. The van der Waals surface area contributed by atoms with Gasteiger partial charge >= 0.3 is 7.12 Å². The highest BCUT2D eigenvalue weighted by atomic mass is 16.5. The summed E-state index contributed by atoms with van der Waals surface area (Å²) in [5, 5.41) is 12.7. The van der Waals surface area contributed by atoms with Crippen molar-refractivity contribution in [2.75, 3.05) is 0 Å². The molecule has 112 valence electrons. The molecule has 1 heterocycles. The summed E-state index contributed by atoms with van der Waals surface area (Å²) >= 11 is 0. The molecule has 2 atom stereocenters. The Hall–Kier alpha value is -1.66. The van der Waals surface area contributed by atoms with Crippen LogP contribution >= 0.6 is 0 Å². The van der Waals surface area contributed by atoms with Crippen molar-refractivity contribution in [3.8, 4) is 0 Å². The molecule has 0 unspecified atom stereocenters. The van der Waals surface area contributed by atoms with E-state index in [2.05, 4.69) is 5.32 Å². The molecule has 0 aromatic heterocycles. The van der Waals surface area contributed by atoms with Crippen molar-refractivity contribution in [1.82, 2.24) is 5.32 Å². The van der Waals surface area contributed by atoms with E-state index in [0.29, 0.717) is 19.3 Å². The van der Waals surface area contributed by atoms with Gasteiger partial charge in [0, 0.05) is 12.5 Å². The predicted octanol–water partition coefficient (Wildman–Crippen LogP) is 0.892. The number of carbonyl (C=O) groups excluding carboxylic acids is 2. The van der Waals surface area contributed by atoms with E-state index in [1.807, 2.05) is 30.3 Å². The lowest BCUT2D eigenvalue weighted by Gasteiger charge is -2.31. The molecule has 1 fully saturated rings. The quantitative estimate of drug-likeness (QED) is 0.789. The summed E-state index contributed by atoms with van der Waals surface area (Å²) in [7, 11) is -1.05. The van der Waals surface area contributed by atoms with Crippen molar-refractivity contribution in [2.24, 2.45) is 0 Å². The second-order valence-corrected chi connectivity index (χ2v) is 5.47. The molecule has 1 aliphatic rings. The lowest BCUT2D eigenvalue weighted by Crippen LogP contribution is -2.53. The van der Waals surface area contributed by atoms with Crippen LogP contribution in [0.2, 0.25) is 0 Å². The molecule has 21 heavy (non-hydrogen) atoms. The summed E-state index contributed by atoms with van der Waals surface area (Å²) in [4.78, 5) is 23.0. The fourth-order valence-electron chi connectivity index (χ4n) is 2.52. The van der Waals surface area contributed by atoms with Gasteiger partial charge in [0.1, 0.15) is 5.78 Å². The summed E-state index contributed by atoms with van der Waals surface area (Å²) < 4.78 is 5.38. The Morgan fingerprint density at radius 2 is 2.05 bits per heavy atom. The van der Waals surface area contributed by atoms with E-state index >= 15 is 0 Å². The molecule has 2 N–H and O–H groups in total. The molecule has 5 nitrogen and oxygen atoms in total. The first-order valence-electron chi connectivity index (χ1n) is 7.21. The van der Waals surface area contributed by atoms with Crippen molar-refractivity contribution in [3.63, 3.8) is 0 Å². The molecule has 0 saturated carbocycles. The molecule has 1 saturated heterocycles. The molecule has 0 spiro atoms. The van der Waals surface area contributed by atoms with Crippen molar-refractivity contribution in [3.05, 3.63) is 35.9 Å². The van der Waals surface area contributed by atoms with Gasteiger partial charge in [0.15, 0.2) is 0 Å². The zero-order valence-electron chi connectivity index (χ0n) is 12.1. The van der Waals surface area contributed by atoms with Crippen molar-refractivity contribution in [1.29, 1.82) is 0 Å². The minimum absolute atomic E-state index is 0.0405. The first-order valence-corrected chi connectivity index (χ1v) is 7.21. The zero-order chi connectivity index (χ0) is 15.2. The molecule has 0 aliphatic carbocycles. The van der Waals surface area contributed by atoms with Crippen LogP contribution in [0.25, 0.3) is 0 Å². The molecule has 1 aromatic carbocycles. The van der Waals surface area contributed by atoms with Crippen LogP contribution in [0.5, 0.6) is 0 Å². The summed E-state index contributed by atoms with van der Waals surface area (Å²) in [6, 6.07) is 9.43. The van der Waals surface area contributed by atoms with Gasteiger partial charge in [0.05, 0.1) is 12.4 Å². The molecular formula is C15H20BNO4. The van der Waals surface area contributed by atoms with Crippen LogP contribution in [0.4, 0.5) is 0 Å². The summed E-state index contributed by atoms with van der Waals surface area (Å²) in [6.07, 6.45) is 1.61. The third-order valence-corrected chi connectivity index (χ3v) is 3.54. The number of Topliss-reactive ketones (excluding diaryl/α,β-unsaturated/α-hetero) is 1. The van der Waals surface area contributed by atoms with Gasteiger partial charge in [-0.1, -0.05) is 30.3 Å².